The molecule has 2 N–H and O–H groups in total. The maximum Gasteiger partial charge on any atom is 0.234 e. The van der Waals surface area contributed by atoms with E-state index in [0.717, 1.165) is 28.2 Å². The Morgan fingerprint density at radius 2 is 2.00 bits per heavy atom. The van der Waals surface area contributed by atoms with E-state index < -0.39 is 0 Å². The van der Waals surface area contributed by atoms with Crippen LogP contribution in [-0.4, -0.2) is 42.0 Å². The Kier molecular flexibility index (Phi) is 5.35. The number of amides is 1. The number of benzene rings is 1. The molecule has 0 radical (unpaired) electrons. The average molecular weight is 349 g/mol. The zero-order valence-corrected chi connectivity index (χ0v) is 14.5. The van der Waals surface area contributed by atoms with Crippen LogP contribution in [0.2, 0.25) is 0 Å². The number of rotatable bonds is 6. The van der Waals surface area contributed by atoms with Gasteiger partial charge in [-0.1, -0.05) is 23.1 Å². The van der Waals surface area contributed by atoms with Crippen LogP contribution in [0.1, 0.15) is 12.8 Å². The average Bonchev–Trinajstić information content (AvgIpc) is 3.25. The zero-order valence-electron chi connectivity index (χ0n) is 12.9. The van der Waals surface area contributed by atoms with Crippen LogP contribution in [0, 0.1) is 0 Å². The third-order valence-electron chi connectivity index (χ3n) is 3.57. The molecular formula is C15H19N5OS2. The van der Waals surface area contributed by atoms with E-state index in [4.69, 9.17) is 0 Å². The molecule has 3 rings (SSSR count). The van der Waals surface area contributed by atoms with Crippen LogP contribution in [0.5, 0.6) is 0 Å². The third kappa shape index (κ3) is 4.35. The summed E-state index contributed by atoms with van der Waals surface area (Å²) in [5, 5.41) is 14.5. The highest BCUT2D eigenvalue weighted by Crippen LogP contribution is 2.25. The Morgan fingerprint density at radius 1 is 1.26 bits per heavy atom. The van der Waals surface area contributed by atoms with Gasteiger partial charge in [-0.15, -0.1) is 10.2 Å². The van der Waals surface area contributed by atoms with Crippen molar-refractivity contribution in [2.75, 3.05) is 41.4 Å². The van der Waals surface area contributed by atoms with Crippen molar-refractivity contribution >= 4 is 45.5 Å². The van der Waals surface area contributed by atoms with Crippen molar-refractivity contribution in [2.24, 2.45) is 0 Å². The van der Waals surface area contributed by atoms with Gasteiger partial charge in [-0.3, -0.25) is 4.79 Å². The van der Waals surface area contributed by atoms with Crippen molar-refractivity contribution in [1.82, 2.24) is 10.2 Å². The molecule has 0 bridgehead atoms. The van der Waals surface area contributed by atoms with Crippen LogP contribution >= 0.6 is 23.1 Å². The highest BCUT2D eigenvalue weighted by molar-refractivity contribution is 8.01. The molecule has 1 aromatic heterocycles. The molecule has 8 heteroatoms. The van der Waals surface area contributed by atoms with Gasteiger partial charge in [0.2, 0.25) is 11.0 Å². The molecule has 1 aliphatic heterocycles. The number of hydrogen-bond donors (Lipinski definition) is 2. The summed E-state index contributed by atoms with van der Waals surface area (Å²) in [6.07, 6.45) is 2.52. The first-order chi connectivity index (χ1) is 11.2. The Morgan fingerprint density at radius 3 is 2.65 bits per heavy atom. The molecule has 2 aromatic rings. The molecule has 2 heterocycles. The van der Waals surface area contributed by atoms with E-state index in [-0.39, 0.29) is 5.91 Å². The second-order valence-electron chi connectivity index (χ2n) is 5.20. The van der Waals surface area contributed by atoms with Gasteiger partial charge >= 0.3 is 0 Å². The molecule has 23 heavy (non-hydrogen) atoms. The van der Waals surface area contributed by atoms with E-state index in [1.54, 1.807) is 7.05 Å². The summed E-state index contributed by atoms with van der Waals surface area (Å²) in [6.45, 7) is 2.25. The quantitative estimate of drug-likeness (QED) is 0.782. The monoisotopic (exact) mass is 349 g/mol. The van der Waals surface area contributed by atoms with Gasteiger partial charge in [0.25, 0.3) is 0 Å². The number of hydrogen-bond acceptors (Lipinski definition) is 7. The molecule has 0 spiro atoms. The van der Waals surface area contributed by atoms with Crippen LogP contribution < -0.4 is 15.5 Å². The van der Waals surface area contributed by atoms with Crippen molar-refractivity contribution < 1.29 is 4.79 Å². The molecule has 1 fully saturated rings. The molecular weight excluding hydrogens is 330 g/mol. The summed E-state index contributed by atoms with van der Waals surface area (Å²) < 4.78 is 0.786. The molecule has 122 valence electrons. The fourth-order valence-electron chi connectivity index (χ4n) is 2.42. The van der Waals surface area contributed by atoms with Crippen LogP contribution in [-0.2, 0) is 4.79 Å². The summed E-state index contributed by atoms with van der Waals surface area (Å²) in [5.74, 6) is 0.289. The predicted molar refractivity (Wildman–Crippen MR) is 96.7 cm³/mol. The lowest BCUT2D eigenvalue weighted by molar-refractivity contribution is -0.113. The van der Waals surface area contributed by atoms with E-state index in [2.05, 4.69) is 37.9 Å². The summed E-state index contributed by atoms with van der Waals surface area (Å²) in [7, 11) is 1.80. The fourth-order valence-corrected chi connectivity index (χ4v) is 3.93. The van der Waals surface area contributed by atoms with Crippen molar-refractivity contribution in [2.45, 2.75) is 17.2 Å². The van der Waals surface area contributed by atoms with Gasteiger partial charge < -0.3 is 15.5 Å². The Balaban J connectivity index is 1.49. The van der Waals surface area contributed by atoms with Crippen molar-refractivity contribution in [3.8, 4) is 0 Å². The summed E-state index contributed by atoms with van der Waals surface area (Å²) in [5.41, 5.74) is 2.05. The number of nitrogens with zero attached hydrogens (tertiary/aromatic N) is 3. The minimum atomic E-state index is -0.0369. The zero-order chi connectivity index (χ0) is 16.1. The molecule has 0 aliphatic carbocycles. The number of carbonyl (C=O) groups is 1. The fraction of sp³-hybridized carbons (Fsp3) is 0.400. The number of nitrogens with one attached hydrogen (secondary N) is 2. The maximum atomic E-state index is 12.0. The molecule has 6 nitrogen and oxygen atoms in total. The number of carbonyl (C=O) groups excluding carboxylic acids is 1. The van der Waals surface area contributed by atoms with E-state index in [0.29, 0.717) is 5.75 Å². The standard InChI is InChI=1S/C15H19N5OS2/c1-16-14-18-19-15(23-14)22-10-13(21)17-11-4-6-12(7-5-11)20-8-2-3-9-20/h4-7H,2-3,8-10H2,1H3,(H,16,18)(H,17,21). The minimum Gasteiger partial charge on any atom is -0.372 e. The van der Waals surface area contributed by atoms with Crippen LogP contribution in [0.15, 0.2) is 28.6 Å². The summed E-state index contributed by atoms with van der Waals surface area (Å²) in [4.78, 5) is 14.4. The van der Waals surface area contributed by atoms with Crippen LogP contribution in [0.4, 0.5) is 16.5 Å². The molecule has 1 aromatic carbocycles. The molecule has 0 atom stereocenters. The highest BCUT2D eigenvalue weighted by Gasteiger charge is 2.12. The largest absolute Gasteiger partial charge is 0.372 e. The van der Waals surface area contributed by atoms with Crippen molar-refractivity contribution in [3.63, 3.8) is 0 Å². The first-order valence-electron chi connectivity index (χ1n) is 7.53. The lowest BCUT2D eigenvalue weighted by Crippen LogP contribution is -2.18. The number of thioether (sulfide) groups is 1. The Bertz CT molecular complexity index is 652. The SMILES string of the molecule is CNc1nnc(SCC(=O)Nc2ccc(N3CCCC3)cc2)s1. The Hall–Kier alpha value is -1.80. The highest BCUT2D eigenvalue weighted by atomic mass is 32.2. The first-order valence-corrected chi connectivity index (χ1v) is 9.34. The van der Waals surface area contributed by atoms with Gasteiger partial charge in [0.1, 0.15) is 0 Å². The second kappa shape index (κ2) is 7.65. The van der Waals surface area contributed by atoms with Crippen molar-refractivity contribution in [3.05, 3.63) is 24.3 Å². The van der Waals surface area contributed by atoms with E-state index in [1.165, 1.54) is 41.6 Å². The van der Waals surface area contributed by atoms with Gasteiger partial charge in [0, 0.05) is 31.5 Å². The minimum absolute atomic E-state index is 0.0369. The van der Waals surface area contributed by atoms with Gasteiger partial charge in [0.05, 0.1) is 5.75 Å². The van der Waals surface area contributed by atoms with Crippen LogP contribution in [0.25, 0.3) is 0 Å². The first kappa shape index (κ1) is 16.1. The number of anilines is 3. The van der Waals surface area contributed by atoms with Crippen molar-refractivity contribution in [1.29, 1.82) is 0 Å². The normalized spacial score (nSPS) is 14.0. The molecule has 1 saturated heterocycles. The van der Waals surface area contributed by atoms with Gasteiger partial charge in [-0.05, 0) is 37.1 Å². The topological polar surface area (TPSA) is 70.1 Å². The summed E-state index contributed by atoms with van der Waals surface area (Å²) >= 11 is 2.83. The van der Waals surface area contributed by atoms with E-state index in [1.807, 2.05) is 12.1 Å². The van der Waals surface area contributed by atoms with Gasteiger partial charge in [-0.25, -0.2) is 0 Å². The predicted octanol–water partition coefficient (Wildman–Crippen LogP) is 2.91. The second-order valence-corrected chi connectivity index (χ2v) is 7.40. The Labute approximate surface area is 143 Å². The smallest absolute Gasteiger partial charge is 0.234 e. The lowest BCUT2D eigenvalue weighted by atomic mass is 10.2. The van der Waals surface area contributed by atoms with Gasteiger partial charge in [-0.2, -0.15) is 0 Å². The summed E-state index contributed by atoms with van der Waals surface area (Å²) in [6, 6.07) is 8.05. The van der Waals surface area contributed by atoms with Gasteiger partial charge in [0.15, 0.2) is 4.34 Å². The molecule has 0 saturated carbocycles. The third-order valence-corrected chi connectivity index (χ3v) is 5.64. The number of aromatic nitrogens is 2. The molecule has 0 unspecified atom stereocenters. The van der Waals surface area contributed by atoms with E-state index in [9.17, 15) is 4.79 Å². The molecule has 1 aliphatic rings. The molecule has 1 amide bonds. The maximum absolute atomic E-state index is 12.0. The van der Waals surface area contributed by atoms with E-state index >= 15 is 0 Å². The van der Waals surface area contributed by atoms with Crippen LogP contribution in [0.3, 0.4) is 0 Å². The lowest BCUT2D eigenvalue weighted by Gasteiger charge is -2.17.